The van der Waals surface area contributed by atoms with Crippen LogP contribution in [0.2, 0.25) is 0 Å². The van der Waals surface area contributed by atoms with Crippen LogP contribution in [0.15, 0.2) is 11.2 Å². The Morgan fingerprint density at radius 1 is 1.47 bits per heavy atom. The van der Waals surface area contributed by atoms with E-state index in [2.05, 4.69) is 9.97 Å². The summed E-state index contributed by atoms with van der Waals surface area (Å²) in [6.07, 6.45) is 1.15. The fraction of sp³-hybridized carbons (Fsp3) is 0.444. The number of carbonyl (C=O) groups is 1. The molecule has 0 amide bonds. The van der Waals surface area contributed by atoms with Crippen LogP contribution in [0.25, 0.3) is 0 Å². The third kappa shape index (κ3) is 5.14. The summed E-state index contributed by atoms with van der Waals surface area (Å²) in [5.41, 5.74) is 0.457. The van der Waals surface area contributed by atoms with Crippen LogP contribution in [0.3, 0.4) is 0 Å². The minimum absolute atomic E-state index is 0.0113. The van der Waals surface area contributed by atoms with Crippen LogP contribution in [0.1, 0.15) is 16.2 Å². The minimum atomic E-state index is -3.02. The van der Waals surface area contributed by atoms with Crippen molar-refractivity contribution in [3.05, 3.63) is 17.5 Å². The zero-order valence-corrected chi connectivity index (χ0v) is 11.0. The molecule has 0 saturated carbocycles. The molecule has 0 aromatic carbocycles. The second-order valence-corrected chi connectivity index (χ2v) is 6.78. The molecule has 1 aromatic rings. The summed E-state index contributed by atoms with van der Waals surface area (Å²) in [5.74, 6) is -0.806. The van der Waals surface area contributed by atoms with Gasteiger partial charge in [0, 0.05) is 17.7 Å². The molecule has 0 bridgehead atoms. The van der Waals surface area contributed by atoms with Gasteiger partial charge in [0.15, 0.2) is 10.9 Å². The zero-order valence-electron chi connectivity index (χ0n) is 9.37. The van der Waals surface area contributed by atoms with E-state index in [9.17, 15) is 13.2 Å². The van der Waals surface area contributed by atoms with Crippen molar-refractivity contribution < 1.29 is 18.3 Å². The monoisotopic (exact) mass is 276 g/mol. The quantitative estimate of drug-likeness (QED) is 0.622. The molecule has 0 aliphatic heterocycles. The van der Waals surface area contributed by atoms with Gasteiger partial charge >= 0.3 is 5.97 Å². The molecule has 1 N–H and O–H groups in total. The number of aryl methyl sites for hydroxylation is 1. The molecule has 6 nitrogen and oxygen atoms in total. The third-order valence-electron chi connectivity index (χ3n) is 1.74. The van der Waals surface area contributed by atoms with Crippen LogP contribution in [-0.2, 0) is 9.84 Å². The standard InChI is InChI=1S/C9H12N2O4S2/c1-6-5-7(8(12)13)11-9(10-6)16-3-4-17(2,14)15/h5H,3-4H2,1-2H3,(H,12,13). The van der Waals surface area contributed by atoms with E-state index in [0.29, 0.717) is 11.4 Å². The molecule has 1 rings (SSSR count). The number of aromatic carboxylic acids is 1. The fourth-order valence-electron chi connectivity index (χ4n) is 1.000. The normalized spacial score (nSPS) is 11.4. The molecule has 0 spiro atoms. The Bertz CT molecular complexity index is 528. The Balaban J connectivity index is 2.75. The Labute approximate surface area is 103 Å². The van der Waals surface area contributed by atoms with E-state index >= 15 is 0 Å². The van der Waals surface area contributed by atoms with E-state index in [1.54, 1.807) is 6.92 Å². The van der Waals surface area contributed by atoms with E-state index in [0.717, 1.165) is 18.0 Å². The van der Waals surface area contributed by atoms with Gasteiger partial charge in [-0.3, -0.25) is 0 Å². The summed E-state index contributed by atoms with van der Waals surface area (Å²) in [6.45, 7) is 1.66. The molecule has 1 aromatic heterocycles. The maximum atomic E-state index is 10.9. The first-order valence-corrected chi connectivity index (χ1v) is 7.72. The van der Waals surface area contributed by atoms with Gasteiger partial charge < -0.3 is 5.11 Å². The summed E-state index contributed by atoms with van der Waals surface area (Å²) in [4.78, 5) is 18.6. The summed E-state index contributed by atoms with van der Waals surface area (Å²) < 4.78 is 21.8. The van der Waals surface area contributed by atoms with Crippen molar-refractivity contribution in [2.24, 2.45) is 0 Å². The minimum Gasteiger partial charge on any atom is -0.477 e. The molecule has 0 saturated heterocycles. The van der Waals surface area contributed by atoms with Crippen LogP contribution >= 0.6 is 11.8 Å². The van der Waals surface area contributed by atoms with E-state index in [1.807, 2.05) is 0 Å². The number of carboxylic acid groups (broad SMARTS) is 1. The van der Waals surface area contributed by atoms with Crippen molar-refractivity contribution in [2.45, 2.75) is 12.1 Å². The molecule has 1 heterocycles. The fourth-order valence-corrected chi connectivity index (χ4v) is 3.10. The van der Waals surface area contributed by atoms with Crippen LogP contribution < -0.4 is 0 Å². The van der Waals surface area contributed by atoms with Gasteiger partial charge in [0.05, 0.1) is 5.75 Å². The van der Waals surface area contributed by atoms with Gasteiger partial charge in [-0.15, -0.1) is 0 Å². The van der Waals surface area contributed by atoms with Gasteiger partial charge in [-0.05, 0) is 13.0 Å². The smallest absolute Gasteiger partial charge is 0.354 e. The van der Waals surface area contributed by atoms with Crippen LogP contribution in [0.4, 0.5) is 0 Å². The van der Waals surface area contributed by atoms with Gasteiger partial charge in [-0.25, -0.2) is 23.2 Å². The maximum Gasteiger partial charge on any atom is 0.354 e. The van der Waals surface area contributed by atoms with Gasteiger partial charge in [0.25, 0.3) is 0 Å². The van der Waals surface area contributed by atoms with E-state index < -0.39 is 15.8 Å². The molecule has 0 radical (unpaired) electrons. The highest BCUT2D eigenvalue weighted by Crippen LogP contribution is 2.14. The summed E-state index contributed by atoms with van der Waals surface area (Å²) in [7, 11) is -3.02. The topological polar surface area (TPSA) is 97.2 Å². The second-order valence-electron chi connectivity index (χ2n) is 3.46. The lowest BCUT2D eigenvalue weighted by Crippen LogP contribution is -2.07. The molecule has 0 aliphatic rings. The van der Waals surface area contributed by atoms with Crippen LogP contribution in [0, 0.1) is 6.92 Å². The lowest BCUT2D eigenvalue weighted by molar-refractivity contribution is 0.0689. The van der Waals surface area contributed by atoms with Gasteiger partial charge in [-0.2, -0.15) is 0 Å². The highest BCUT2D eigenvalue weighted by atomic mass is 32.2. The van der Waals surface area contributed by atoms with E-state index in [4.69, 9.17) is 5.11 Å². The average Bonchev–Trinajstić information content (AvgIpc) is 2.14. The molecule has 0 unspecified atom stereocenters. The van der Waals surface area contributed by atoms with Crippen molar-refractivity contribution in [1.29, 1.82) is 0 Å². The molecule has 94 valence electrons. The summed E-state index contributed by atoms with van der Waals surface area (Å²) in [6, 6.07) is 1.36. The molecule has 8 heteroatoms. The third-order valence-corrected chi connectivity index (χ3v) is 3.79. The van der Waals surface area contributed by atoms with Crippen molar-refractivity contribution in [3.63, 3.8) is 0 Å². The molecular weight excluding hydrogens is 264 g/mol. The summed E-state index contributed by atoms with van der Waals surface area (Å²) >= 11 is 1.13. The number of rotatable bonds is 5. The van der Waals surface area contributed by atoms with Crippen LogP contribution in [0.5, 0.6) is 0 Å². The first-order valence-electron chi connectivity index (χ1n) is 4.67. The lowest BCUT2D eigenvalue weighted by atomic mass is 10.3. The predicted molar refractivity (Wildman–Crippen MR) is 64.2 cm³/mol. The van der Waals surface area contributed by atoms with Crippen molar-refractivity contribution in [3.8, 4) is 0 Å². The molecule has 0 atom stereocenters. The number of nitrogens with zero attached hydrogens (tertiary/aromatic N) is 2. The van der Waals surface area contributed by atoms with E-state index in [1.165, 1.54) is 6.07 Å². The van der Waals surface area contributed by atoms with Gasteiger partial charge in [-0.1, -0.05) is 11.8 Å². The predicted octanol–water partition coefficient (Wildman–Crippen LogP) is 0.620. The number of hydrogen-bond donors (Lipinski definition) is 1. The highest BCUT2D eigenvalue weighted by Gasteiger charge is 2.10. The van der Waals surface area contributed by atoms with Crippen molar-refractivity contribution in [1.82, 2.24) is 9.97 Å². The number of sulfone groups is 1. The lowest BCUT2D eigenvalue weighted by Gasteiger charge is -2.02. The Morgan fingerprint density at radius 3 is 2.65 bits per heavy atom. The second kappa shape index (κ2) is 5.46. The Morgan fingerprint density at radius 2 is 2.12 bits per heavy atom. The Kier molecular flexibility index (Phi) is 4.47. The molecular formula is C9H12N2O4S2. The van der Waals surface area contributed by atoms with Crippen molar-refractivity contribution in [2.75, 3.05) is 17.8 Å². The number of carboxylic acids is 1. The Hall–Kier alpha value is -1.15. The number of thioether (sulfide) groups is 1. The first-order chi connectivity index (χ1) is 7.78. The first kappa shape index (κ1) is 13.9. The van der Waals surface area contributed by atoms with E-state index in [-0.39, 0.29) is 16.6 Å². The number of aromatic nitrogens is 2. The summed E-state index contributed by atoms with van der Waals surface area (Å²) in [5, 5.41) is 9.08. The van der Waals surface area contributed by atoms with Crippen LogP contribution in [-0.4, -0.2) is 47.2 Å². The van der Waals surface area contributed by atoms with Gasteiger partial charge in [0.1, 0.15) is 9.84 Å². The zero-order chi connectivity index (χ0) is 13.1. The average molecular weight is 276 g/mol. The maximum absolute atomic E-state index is 10.9. The number of hydrogen-bond acceptors (Lipinski definition) is 6. The highest BCUT2D eigenvalue weighted by molar-refractivity contribution is 8.00. The SMILES string of the molecule is Cc1cc(C(=O)O)nc(SCCS(C)(=O)=O)n1. The van der Waals surface area contributed by atoms with Crippen molar-refractivity contribution >= 4 is 27.6 Å². The molecule has 0 fully saturated rings. The largest absolute Gasteiger partial charge is 0.477 e. The molecule has 17 heavy (non-hydrogen) atoms. The molecule has 0 aliphatic carbocycles. The van der Waals surface area contributed by atoms with Gasteiger partial charge in [0.2, 0.25) is 0 Å².